The van der Waals surface area contributed by atoms with Crippen molar-refractivity contribution in [2.45, 2.75) is 12.6 Å². The zero-order chi connectivity index (χ0) is 18.1. The molecule has 2 aromatic carbocycles. The number of carbonyl (C=O) groups is 1. The third kappa shape index (κ3) is 3.06. The van der Waals surface area contributed by atoms with Crippen molar-refractivity contribution < 1.29 is 13.6 Å². The Bertz CT molecular complexity index is 919. The average molecular weight is 353 g/mol. The van der Waals surface area contributed by atoms with Crippen molar-refractivity contribution >= 4 is 11.7 Å². The predicted octanol–water partition coefficient (Wildman–Crippen LogP) is 4.40. The van der Waals surface area contributed by atoms with Crippen LogP contribution < -0.4 is 5.32 Å². The second kappa shape index (κ2) is 6.63. The molecule has 4 rings (SSSR count). The minimum atomic E-state index is -0.358. The number of benzene rings is 2. The minimum absolute atomic E-state index is 0.279. The standard InChI is InChI=1S/C20H17F2N3O/c21-15-5-3-14(4-6-15)19-18-2-1-11-24(18)12-13-25(19)20(26)23-17-9-7-16(22)8-10-17/h1-11,19H,12-13H2,(H,23,26). The third-order valence-electron chi connectivity index (χ3n) is 4.58. The van der Waals surface area contributed by atoms with Crippen molar-refractivity contribution in [1.82, 2.24) is 9.47 Å². The highest BCUT2D eigenvalue weighted by Crippen LogP contribution is 2.33. The highest BCUT2D eigenvalue weighted by molar-refractivity contribution is 5.90. The van der Waals surface area contributed by atoms with Crippen molar-refractivity contribution in [3.8, 4) is 0 Å². The molecule has 0 spiro atoms. The largest absolute Gasteiger partial charge is 0.348 e. The molecule has 2 amide bonds. The zero-order valence-corrected chi connectivity index (χ0v) is 13.9. The average Bonchev–Trinajstić information content (AvgIpc) is 3.12. The van der Waals surface area contributed by atoms with E-state index in [0.29, 0.717) is 18.8 Å². The van der Waals surface area contributed by atoms with Gasteiger partial charge in [0, 0.05) is 30.7 Å². The van der Waals surface area contributed by atoms with Gasteiger partial charge in [0.15, 0.2) is 0 Å². The summed E-state index contributed by atoms with van der Waals surface area (Å²) in [5.74, 6) is -0.676. The van der Waals surface area contributed by atoms with Crippen LogP contribution in [-0.2, 0) is 6.54 Å². The number of rotatable bonds is 2. The Morgan fingerprint density at radius 2 is 1.58 bits per heavy atom. The first kappa shape index (κ1) is 16.3. The van der Waals surface area contributed by atoms with E-state index in [1.165, 1.54) is 36.4 Å². The first-order valence-corrected chi connectivity index (χ1v) is 8.35. The Labute approximate surface area is 149 Å². The molecule has 1 unspecified atom stereocenters. The molecule has 1 aliphatic rings. The Kier molecular flexibility index (Phi) is 4.16. The highest BCUT2D eigenvalue weighted by atomic mass is 19.1. The van der Waals surface area contributed by atoms with Crippen LogP contribution in [0.25, 0.3) is 0 Å². The van der Waals surface area contributed by atoms with Gasteiger partial charge in [-0.25, -0.2) is 13.6 Å². The van der Waals surface area contributed by atoms with Gasteiger partial charge in [0.1, 0.15) is 11.6 Å². The smallest absolute Gasteiger partial charge is 0.322 e. The number of aromatic nitrogens is 1. The number of fused-ring (bicyclic) bond motifs is 1. The molecule has 2 heterocycles. The molecule has 0 saturated carbocycles. The predicted molar refractivity (Wildman–Crippen MR) is 94.8 cm³/mol. The Balaban J connectivity index is 1.66. The van der Waals surface area contributed by atoms with E-state index in [-0.39, 0.29) is 23.7 Å². The van der Waals surface area contributed by atoms with Gasteiger partial charge < -0.3 is 14.8 Å². The molecule has 0 fully saturated rings. The number of amides is 2. The van der Waals surface area contributed by atoms with E-state index in [0.717, 1.165) is 11.3 Å². The maximum absolute atomic E-state index is 13.3. The molecule has 1 atom stereocenters. The van der Waals surface area contributed by atoms with Gasteiger partial charge in [0.2, 0.25) is 0 Å². The summed E-state index contributed by atoms with van der Waals surface area (Å²) >= 11 is 0. The molecule has 3 aromatic rings. The van der Waals surface area contributed by atoms with Crippen molar-refractivity contribution in [3.05, 3.63) is 89.8 Å². The van der Waals surface area contributed by atoms with Crippen LogP contribution in [0.2, 0.25) is 0 Å². The fraction of sp³-hybridized carbons (Fsp3) is 0.150. The lowest BCUT2D eigenvalue weighted by Crippen LogP contribution is -2.44. The quantitative estimate of drug-likeness (QED) is 0.728. The van der Waals surface area contributed by atoms with E-state index >= 15 is 0 Å². The number of nitrogens with zero attached hydrogens (tertiary/aromatic N) is 2. The van der Waals surface area contributed by atoms with Crippen LogP contribution in [-0.4, -0.2) is 22.0 Å². The normalized spacial score (nSPS) is 16.2. The summed E-state index contributed by atoms with van der Waals surface area (Å²) < 4.78 is 28.5. The first-order chi connectivity index (χ1) is 12.6. The van der Waals surface area contributed by atoms with E-state index in [9.17, 15) is 13.6 Å². The number of carbonyl (C=O) groups excluding carboxylic acids is 1. The fourth-order valence-corrected chi connectivity index (χ4v) is 3.33. The van der Waals surface area contributed by atoms with E-state index in [2.05, 4.69) is 9.88 Å². The molecule has 1 aromatic heterocycles. The van der Waals surface area contributed by atoms with E-state index in [4.69, 9.17) is 0 Å². The lowest BCUT2D eigenvalue weighted by molar-refractivity contribution is 0.182. The Hall–Kier alpha value is -3.15. The Morgan fingerprint density at radius 1 is 0.923 bits per heavy atom. The van der Waals surface area contributed by atoms with Crippen LogP contribution in [0, 0.1) is 11.6 Å². The number of urea groups is 1. The molecule has 1 N–H and O–H groups in total. The van der Waals surface area contributed by atoms with Gasteiger partial charge in [0.25, 0.3) is 0 Å². The van der Waals surface area contributed by atoms with Crippen LogP contribution >= 0.6 is 0 Å². The van der Waals surface area contributed by atoms with Crippen LogP contribution in [0.1, 0.15) is 17.3 Å². The molecule has 132 valence electrons. The molecular formula is C20H17F2N3O. The lowest BCUT2D eigenvalue weighted by atomic mass is 10.0. The number of anilines is 1. The summed E-state index contributed by atoms with van der Waals surface area (Å²) in [5.41, 5.74) is 2.33. The molecule has 26 heavy (non-hydrogen) atoms. The topological polar surface area (TPSA) is 37.3 Å². The molecule has 0 radical (unpaired) electrons. The first-order valence-electron chi connectivity index (χ1n) is 8.35. The van der Waals surface area contributed by atoms with E-state index < -0.39 is 0 Å². The van der Waals surface area contributed by atoms with Crippen molar-refractivity contribution in [3.63, 3.8) is 0 Å². The highest BCUT2D eigenvalue weighted by Gasteiger charge is 2.32. The van der Waals surface area contributed by atoms with Gasteiger partial charge in [-0.05, 0) is 54.1 Å². The number of halogens is 2. The van der Waals surface area contributed by atoms with Crippen molar-refractivity contribution in [2.75, 3.05) is 11.9 Å². The molecule has 6 heteroatoms. The molecule has 0 bridgehead atoms. The van der Waals surface area contributed by atoms with Gasteiger partial charge in [0.05, 0.1) is 6.04 Å². The molecule has 0 aliphatic carbocycles. The summed E-state index contributed by atoms with van der Waals surface area (Å²) in [7, 11) is 0. The van der Waals surface area contributed by atoms with Crippen LogP contribution in [0.5, 0.6) is 0 Å². The summed E-state index contributed by atoms with van der Waals surface area (Å²) in [6, 6.07) is 15.1. The van der Waals surface area contributed by atoms with Gasteiger partial charge >= 0.3 is 6.03 Å². The van der Waals surface area contributed by atoms with Crippen LogP contribution in [0.3, 0.4) is 0 Å². The minimum Gasteiger partial charge on any atom is -0.348 e. The monoisotopic (exact) mass is 353 g/mol. The van der Waals surface area contributed by atoms with E-state index in [1.54, 1.807) is 17.0 Å². The summed E-state index contributed by atoms with van der Waals surface area (Å²) in [6.45, 7) is 1.19. The van der Waals surface area contributed by atoms with Crippen molar-refractivity contribution in [1.29, 1.82) is 0 Å². The van der Waals surface area contributed by atoms with Gasteiger partial charge in [-0.1, -0.05) is 12.1 Å². The van der Waals surface area contributed by atoms with Gasteiger partial charge in [-0.2, -0.15) is 0 Å². The molecule has 0 saturated heterocycles. The number of hydrogen-bond acceptors (Lipinski definition) is 1. The maximum Gasteiger partial charge on any atom is 0.322 e. The molecular weight excluding hydrogens is 336 g/mol. The van der Waals surface area contributed by atoms with Crippen molar-refractivity contribution in [2.24, 2.45) is 0 Å². The maximum atomic E-state index is 13.3. The summed E-state index contributed by atoms with van der Waals surface area (Å²) in [4.78, 5) is 14.6. The van der Waals surface area contributed by atoms with E-state index in [1.807, 2.05) is 18.3 Å². The molecule has 4 nitrogen and oxygen atoms in total. The Morgan fingerprint density at radius 3 is 2.27 bits per heavy atom. The third-order valence-corrected chi connectivity index (χ3v) is 4.58. The zero-order valence-electron chi connectivity index (χ0n) is 13.9. The lowest BCUT2D eigenvalue weighted by Gasteiger charge is -2.37. The summed E-state index contributed by atoms with van der Waals surface area (Å²) in [5, 5.41) is 2.81. The second-order valence-electron chi connectivity index (χ2n) is 6.21. The van der Waals surface area contributed by atoms with Gasteiger partial charge in [-0.15, -0.1) is 0 Å². The van der Waals surface area contributed by atoms with Crippen LogP contribution in [0.4, 0.5) is 19.3 Å². The molecule has 1 aliphatic heterocycles. The van der Waals surface area contributed by atoms with Gasteiger partial charge in [-0.3, -0.25) is 0 Å². The van der Waals surface area contributed by atoms with Crippen LogP contribution in [0.15, 0.2) is 66.9 Å². The fourth-order valence-electron chi connectivity index (χ4n) is 3.33. The SMILES string of the molecule is O=C(Nc1ccc(F)cc1)N1CCn2cccc2C1c1ccc(F)cc1. The second-order valence-corrected chi connectivity index (χ2v) is 6.21. The number of nitrogens with one attached hydrogen (secondary N) is 1. The summed E-state index contributed by atoms with van der Waals surface area (Å²) in [6.07, 6.45) is 1.97. The number of hydrogen-bond donors (Lipinski definition) is 1.